The van der Waals surface area contributed by atoms with E-state index >= 15 is 0 Å². The number of hydrogen-bond acceptors (Lipinski definition) is 3. The topological polar surface area (TPSA) is 35.5 Å². The molecule has 0 unspecified atom stereocenters. The van der Waals surface area contributed by atoms with Crippen LogP contribution in [0.25, 0.3) is 0 Å². The smallest absolute Gasteiger partial charge is 0.310 e. The molecule has 0 radical (unpaired) electrons. The van der Waals surface area contributed by atoms with Crippen LogP contribution < -0.4 is 9.47 Å². The minimum atomic E-state index is -0.232. The van der Waals surface area contributed by atoms with Crippen molar-refractivity contribution in [3.63, 3.8) is 0 Å². The number of carbonyl (C=O) groups is 1. The van der Waals surface area contributed by atoms with E-state index in [0.717, 1.165) is 23.3 Å². The van der Waals surface area contributed by atoms with E-state index in [4.69, 9.17) is 9.47 Å². The van der Waals surface area contributed by atoms with Crippen LogP contribution in [0.15, 0.2) is 42.5 Å². The van der Waals surface area contributed by atoms with Gasteiger partial charge in [0.15, 0.2) is 0 Å². The predicted octanol–water partition coefficient (Wildman–Crippen LogP) is 4.45. The van der Waals surface area contributed by atoms with Crippen LogP contribution in [0.1, 0.15) is 37.0 Å². The molecule has 3 nitrogen and oxygen atoms in total. The zero-order valence-corrected chi connectivity index (χ0v) is 13.4. The summed E-state index contributed by atoms with van der Waals surface area (Å²) in [6.45, 7) is 6.29. The first-order chi connectivity index (χ1) is 10.6. The van der Waals surface area contributed by atoms with Gasteiger partial charge in [-0.3, -0.25) is 4.79 Å². The van der Waals surface area contributed by atoms with Gasteiger partial charge in [0.25, 0.3) is 0 Å². The number of rotatable bonds is 6. The number of esters is 1. The molecule has 0 heterocycles. The number of ether oxygens (including phenoxy) is 2. The zero-order valence-electron chi connectivity index (χ0n) is 13.4. The summed E-state index contributed by atoms with van der Waals surface area (Å²) in [5, 5.41) is 0. The molecule has 22 heavy (non-hydrogen) atoms. The molecule has 0 saturated heterocycles. The molecule has 0 aliphatic rings. The minimum Gasteiger partial charge on any atom is -0.489 e. The Morgan fingerprint density at radius 2 is 1.77 bits per heavy atom. The van der Waals surface area contributed by atoms with Crippen LogP contribution in [0.4, 0.5) is 0 Å². The highest BCUT2D eigenvalue weighted by molar-refractivity contribution is 5.72. The van der Waals surface area contributed by atoms with Crippen molar-refractivity contribution in [3.05, 3.63) is 59.2 Å². The van der Waals surface area contributed by atoms with Crippen molar-refractivity contribution < 1.29 is 14.3 Å². The second kappa shape index (κ2) is 7.64. The van der Waals surface area contributed by atoms with E-state index in [-0.39, 0.29) is 5.97 Å². The number of hydrogen-bond donors (Lipinski definition) is 0. The van der Waals surface area contributed by atoms with Crippen molar-refractivity contribution in [1.29, 1.82) is 0 Å². The first kappa shape index (κ1) is 16.1. The molecule has 0 aliphatic heterocycles. The summed E-state index contributed by atoms with van der Waals surface area (Å²) < 4.78 is 11.3. The molecule has 116 valence electrons. The van der Waals surface area contributed by atoms with E-state index < -0.39 is 0 Å². The Morgan fingerprint density at radius 3 is 2.41 bits per heavy atom. The van der Waals surface area contributed by atoms with Crippen molar-refractivity contribution in [2.75, 3.05) is 0 Å². The minimum absolute atomic E-state index is 0.232. The Bertz CT molecular complexity index is 630. The fourth-order valence-electron chi connectivity index (χ4n) is 2.19. The second-order valence-electron chi connectivity index (χ2n) is 5.18. The fraction of sp³-hybridized carbons (Fsp3) is 0.316. The molecular weight excluding hydrogens is 276 g/mol. The van der Waals surface area contributed by atoms with Gasteiger partial charge in [0.05, 0.1) is 0 Å². The van der Waals surface area contributed by atoms with Gasteiger partial charge in [-0.1, -0.05) is 43.7 Å². The zero-order chi connectivity index (χ0) is 15.9. The second-order valence-corrected chi connectivity index (χ2v) is 5.18. The largest absolute Gasteiger partial charge is 0.489 e. The Hall–Kier alpha value is -2.29. The maximum absolute atomic E-state index is 11.6. The molecule has 0 atom stereocenters. The normalized spacial score (nSPS) is 10.3. The molecule has 0 aliphatic carbocycles. The molecule has 3 heteroatoms. The lowest BCUT2D eigenvalue weighted by Crippen LogP contribution is -2.10. The summed E-state index contributed by atoms with van der Waals surface area (Å²) in [5.41, 5.74) is 3.26. The van der Waals surface area contributed by atoms with Crippen LogP contribution in [0, 0.1) is 6.92 Å². The SMILES string of the molecule is CCC(=O)Oc1cccc(CC)c1COc1ccc(C)cc1. The molecule has 0 saturated carbocycles. The van der Waals surface area contributed by atoms with Crippen molar-refractivity contribution >= 4 is 5.97 Å². The lowest BCUT2D eigenvalue weighted by Gasteiger charge is -2.14. The van der Waals surface area contributed by atoms with Gasteiger partial charge in [0, 0.05) is 12.0 Å². The van der Waals surface area contributed by atoms with E-state index in [9.17, 15) is 4.79 Å². The highest BCUT2D eigenvalue weighted by Crippen LogP contribution is 2.25. The van der Waals surface area contributed by atoms with Crippen molar-refractivity contribution in [2.45, 2.75) is 40.2 Å². The summed E-state index contributed by atoms with van der Waals surface area (Å²) in [7, 11) is 0. The van der Waals surface area contributed by atoms with Gasteiger partial charge in [-0.05, 0) is 37.1 Å². The third-order valence-corrected chi connectivity index (χ3v) is 3.53. The summed E-state index contributed by atoms with van der Waals surface area (Å²) in [5.74, 6) is 1.17. The highest BCUT2D eigenvalue weighted by Gasteiger charge is 2.12. The molecule has 0 N–H and O–H groups in total. The molecule has 2 aromatic carbocycles. The Morgan fingerprint density at radius 1 is 1.05 bits per heavy atom. The lowest BCUT2D eigenvalue weighted by molar-refractivity contribution is -0.134. The first-order valence-corrected chi connectivity index (χ1v) is 7.65. The summed E-state index contributed by atoms with van der Waals surface area (Å²) in [6, 6.07) is 13.7. The number of aryl methyl sites for hydroxylation is 2. The number of carbonyl (C=O) groups excluding carboxylic acids is 1. The van der Waals surface area contributed by atoms with Gasteiger partial charge >= 0.3 is 5.97 Å². The maximum atomic E-state index is 11.6. The fourth-order valence-corrected chi connectivity index (χ4v) is 2.19. The third kappa shape index (κ3) is 4.10. The van der Waals surface area contributed by atoms with E-state index in [0.29, 0.717) is 18.8 Å². The van der Waals surface area contributed by atoms with Crippen LogP contribution in [0.2, 0.25) is 0 Å². The summed E-state index contributed by atoms with van der Waals surface area (Å²) >= 11 is 0. The first-order valence-electron chi connectivity index (χ1n) is 7.65. The monoisotopic (exact) mass is 298 g/mol. The van der Waals surface area contributed by atoms with Crippen LogP contribution in [0.5, 0.6) is 11.5 Å². The van der Waals surface area contributed by atoms with E-state index in [1.54, 1.807) is 6.92 Å². The average molecular weight is 298 g/mol. The van der Waals surface area contributed by atoms with Gasteiger partial charge in [-0.15, -0.1) is 0 Å². The molecular formula is C19H22O3. The quantitative estimate of drug-likeness (QED) is 0.584. The summed E-state index contributed by atoms with van der Waals surface area (Å²) in [4.78, 5) is 11.6. The van der Waals surface area contributed by atoms with Gasteiger partial charge < -0.3 is 9.47 Å². The van der Waals surface area contributed by atoms with Gasteiger partial charge in [0.2, 0.25) is 0 Å². The summed E-state index contributed by atoms with van der Waals surface area (Å²) in [6.07, 6.45) is 1.22. The standard InChI is InChI=1S/C19H22O3/c1-4-15-7-6-8-18(22-19(20)5-2)17(15)13-21-16-11-9-14(3)10-12-16/h6-12H,4-5,13H2,1-3H3. The van der Waals surface area contributed by atoms with Crippen LogP contribution >= 0.6 is 0 Å². The van der Waals surface area contributed by atoms with E-state index in [1.165, 1.54) is 5.56 Å². The van der Waals surface area contributed by atoms with Crippen LogP contribution in [0.3, 0.4) is 0 Å². The average Bonchev–Trinajstić information content (AvgIpc) is 2.54. The Kier molecular flexibility index (Phi) is 5.59. The Labute approximate surface area is 131 Å². The Balaban J connectivity index is 2.19. The van der Waals surface area contributed by atoms with Gasteiger partial charge in [0.1, 0.15) is 18.1 Å². The maximum Gasteiger partial charge on any atom is 0.310 e. The van der Waals surface area contributed by atoms with Crippen LogP contribution in [-0.4, -0.2) is 5.97 Å². The molecule has 2 rings (SSSR count). The van der Waals surface area contributed by atoms with Gasteiger partial charge in [-0.2, -0.15) is 0 Å². The van der Waals surface area contributed by atoms with Crippen molar-refractivity contribution in [1.82, 2.24) is 0 Å². The highest BCUT2D eigenvalue weighted by atomic mass is 16.5. The number of benzene rings is 2. The molecule has 2 aromatic rings. The van der Waals surface area contributed by atoms with Crippen LogP contribution in [-0.2, 0) is 17.8 Å². The molecule has 0 bridgehead atoms. The molecule has 0 aromatic heterocycles. The molecule has 0 amide bonds. The van der Waals surface area contributed by atoms with Crippen molar-refractivity contribution in [2.24, 2.45) is 0 Å². The third-order valence-electron chi connectivity index (χ3n) is 3.53. The van der Waals surface area contributed by atoms with E-state index in [1.807, 2.05) is 49.4 Å². The molecule has 0 fully saturated rings. The van der Waals surface area contributed by atoms with E-state index in [2.05, 4.69) is 6.92 Å². The lowest BCUT2D eigenvalue weighted by atomic mass is 10.0. The van der Waals surface area contributed by atoms with Gasteiger partial charge in [-0.25, -0.2) is 0 Å². The molecule has 0 spiro atoms. The predicted molar refractivity (Wildman–Crippen MR) is 87.3 cm³/mol. The van der Waals surface area contributed by atoms with Crippen molar-refractivity contribution in [3.8, 4) is 11.5 Å².